The Balaban J connectivity index is 1.36. The quantitative estimate of drug-likeness (QED) is 0.500. The number of halogens is 1. The lowest BCUT2D eigenvalue weighted by Crippen LogP contribution is -2.43. The molecule has 1 aliphatic rings. The zero-order chi connectivity index (χ0) is 21.4. The normalized spacial score (nSPS) is 16.7. The van der Waals surface area contributed by atoms with E-state index in [1.165, 1.54) is 29.3 Å². The molecule has 0 bridgehead atoms. The van der Waals surface area contributed by atoms with Crippen LogP contribution >= 0.6 is 11.3 Å². The van der Waals surface area contributed by atoms with E-state index in [0.717, 1.165) is 40.2 Å². The van der Waals surface area contributed by atoms with Crippen molar-refractivity contribution in [2.24, 2.45) is 5.92 Å². The number of thiophene rings is 1. The van der Waals surface area contributed by atoms with Crippen molar-refractivity contribution in [2.45, 2.75) is 26.3 Å². The Kier molecular flexibility index (Phi) is 5.28. The molecule has 5 rings (SSSR count). The van der Waals surface area contributed by atoms with E-state index in [1.807, 2.05) is 25.1 Å². The molecule has 1 unspecified atom stereocenters. The topological polar surface area (TPSA) is 58.1 Å². The Labute approximate surface area is 183 Å². The van der Waals surface area contributed by atoms with Gasteiger partial charge in [0.1, 0.15) is 18.0 Å². The van der Waals surface area contributed by atoms with Gasteiger partial charge in [0.05, 0.1) is 21.5 Å². The van der Waals surface area contributed by atoms with Crippen LogP contribution in [0.4, 0.5) is 10.2 Å². The van der Waals surface area contributed by atoms with Crippen LogP contribution in [0, 0.1) is 18.7 Å². The molecule has 0 radical (unpaired) electrons. The monoisotopic (exact) mass is 434 g/mol. The number of nitrogens with zero attached hydrogens (tertiary/aromatic N) is 3. The maximum absolute atomic E-state index is 14.4. The van der Waals surface area contributed by atoms with Gasteiger partial charge in [-0.2, -0.15) is 0 Å². The third kappa shape index (κ3) is 3.85. The van der Waals surface area contributed by atoms with Gasteiger partial charge in [-0.3, -0.25) is 4.79 Å². The number of carbonyl (C=O) groups excluding carboxylic acids is 1. The molecule has 4 aromatic rings. The van der Waals surface area contributed by atoms with Crippen molar-refractivity contribution in [1.29, 1.82) is 0 Å². The van der Waals surface area contributed by atoms with Gasteiger partial charge in [0, 0.05) is 24.3 Å². The van der Waals surface area contributed by atoms with Crippen molar-refractivity contribution >= 4 is 43.4 Å². The second kappa shape index (κ2) is 8.23. The molecule has 2 aromatic heterocycles. The number of anilines is 1. The molecule has 0 spiro atoms. The average molecular weight is 435 g/mol. The van der Waals surface area contributed by atoms with Gasteiger partial charge in [-0.25, -0.2) is 14.4 Å². The highest BCUT2D eigenvalue weighted by molar-refractivity contribution is 7.26. The number of benzene rings is 2. The number of aryl methyl sites for hydroxylation is 1. The van der Waals surface area contributed by atoms with Crippen LogP contribution < -0.4 is 10.2 Å². The van der Waals surface area contributed by atoms with Gasteiger partial charge in [0.25, 0.3) is 0 Å². The van der Waals surface area contributed by atoms with Crippen molar-refractivity contribution in [1.82, 2.24) is 15.3 Å². The van der Waals surface area contributed by atoms with Crippen LogP contribution in [0.1, 0.15) is 24.0 Å². The van der Waals surface area contributed by atoms with Gasteiger partial charge in [-0.05, 0) is 37.5 Å². The highest BCUT2D eigenvalue weighted by atomic mass is 32.1. The van der Waals surface area contributed by atoms with E-state index in [-0.39, 0.29) is 17.6 Å². The fourth-order valence-corrected chi connectivity index (χ4v) is 5.40. The third-order valence-corrected chi connectivity index (χ3v) is 7.03. The minimum atomic E-state index is -0.264. The molecule has 158 valence electrons. The summed E-state index contributed by atoms with van der Waals surface area (Å²) in [5, 5.41) is 3.63. The number of hydrogen-bond donors (Lipinski definition) is 1. The lowest BCUT2D eigenvalue weighted by Gasteiger charge is -2.33. The molecular formula is C24H23FN4OS. The van der Waals surface area contributed by atoms with Gasteiger partial charge in [-0.15, -0.1) is 11.3 Å². The van der Waals surface area contributed by atoms with Gasteiger partial charge >= 0.3 is 0 Å². The van der Waals surface area contributed by atoms with Gasteiger partial charge in [0.15, 0.2) is 0 Å². The molecule has 1 N–H and O–H groups in total. The molecule has 0 saturated carbocycles. The van der Waals surface area contributed by atoms with Crippen LogP contribution in [-0.4, -0.2) is 29.0 Å². The predicted octanol–water partition coefficient (Wildman–Crippen LogP) is 4.82. The van der Waals surface area contributed by atoms with E-state index in [0.29, 0.717) is 24.0 Å². The van der Waals surface area contributed by atoms with Crippen LogP contribution in [0.5, 0.6) is 0 Å². The molecule has 5 nitrogen and oxygen atoms in total. The first-order valence-corrected chi connectivity index (χ1v) is 11.3. The number of fused-ring (bicyclic) bond motifs is 3. The molecule has 1 saturated heterocycles. The minimum absolute atomic E-state index is 0.0676. The summed E-state index contributed by atoms with van der Waals surface area (Å²) in [5.41, 5.74) is 2.95. The molecule has 31 heavy (non-hydrogen) atoms. The highest BCUT2D eigenvalue weighted by Crippen LogP contribution is 2.39. The SMILES string of the molecule is Cc1ccc(CNC(=O)C2CCCN(c3ncnc4c3sc3cccc(F)c34)C2)cc1. The molecule has 0 aliphatic carbocycles. The Hall–Kier alpha value is -3.06. The van der Waals surface area contributed by atoms with Crippen LogP contribution in [0.3, 0.4) is 0 Å². The first-order valence-electron chi connectivity index (χ1n) is 10.5. The van der Waals surface area contributed by atoms with E-state index in [9.17, 15) is 9.18 Å². The summed E-state index contributed by atoms with van der Waals surface area (Å²) in [6, 6.07) is 13.3. The third-order valence-electron chi connectivity index (χ3n) is 5.89. The summed E-state index contributed by atoms with van der Waals surface area (Å²) in [7, 11) is 0. The summed E-state index contributed by atoms with van der Waals surface area (Å²) in [6.07, 6.45) is 3.26. The highest BCUT2D eigenvalue weighted by Gasteiger charge is 2.28. The maximum Gasteiger partial charge on any atom is 0.225 e. The molecule has 1 fully saturated rings. The predicted molar refractivity (Wildman–Crippen MR) is 123 cm³/mol. The van der Waals surface area contributed by atoms with Crippen molar-refractivity contribution < 1.29 is 9.18 Å². The van der Waals surface area contributed by atoms with E-state index >= 15 is 0 Å². The number of hydrogen-bond acceptors (Lipinski definition) is 5. The summed E-state index contributed by atoms with van der Waals surface area (Å²) >= 11 is 1.51. The van der Waals surface area contributed by atoms with Crippen LogP contribution in [0.2, 0.25) is 0 Å². The molecule has 2 aromatic carbocycles. The van der Waals surface area contributed by atoms with E-state index in [1.54, 1.807) is 6.07 Å². The Morgan fingerprint density at radius 1 is 1.23 bits per heavy atom. The fraction of sp³-hybridized carbons (Fsp3) is 0.292. The first-order chi connectivity index (χ1) is 15.1. The van der Waals surface area contributed by atoms with Gasteiger partial charge < -0.3 is 10.2 Å². The smallest absolute Gasteiger partial charge is 0.225 e. The standard InChI is InChI=1S/C24H23FN4OS/c1-15-7-9-16(10-8-15)12-26-24(30)17-4-3-11-29(13-17)23-22-21(27-14-28-23)20-18(25)5-2-6-19(20)31-22/h2,5-10,14,17H,3-4,11-13H2,1H3,(H,26,30). The summed E-state index contributed by atoms with van der Waals surface area (Å²) in [5.74, 6) is 0.496. The molecule has 3 heterocycles. The zero-order valence-corrected chi connectivity index (χ0v) is 18.1. The molecule has 1 amide bonds. The first kappa shape index (κ1) is 19.9. The Morgan fingerprint density at radius 2 is 2.06 bits per heavy atom. The second-order valence-electron chi connectivity index (χ2n) is 8.08. The van der Waals surface area contributed by atoms with E-state index in [2.05, 4.69) is 32.3 Å². The van der Waals surface area contributed by atoms with Crippen molar-refractivity contribution in [3.05, 3.63) is 65.7 Å². The van der Waals surface area contributed by atoms with Crippen LogP contribution in [0.25, 0.3) is 20.3 Å². The average Bonchev–Trinajstić information content (AvgIpc) is 3.18. The number of amides is 1. The van der Waals surface area contributed by atoms with E-state index in [4.69, 9.17) is 0 Å². The van der Waals surface area contributed by atoms with Crippen molar-refractivity contribution in [2.75, 3.05) is 18.0 Å². The molecule has 7 heteroatoms. The van der Waals surface area contributed by atoms with Crippen LogP contribution in [-0.2, 0) is 11.3 Å². The molecule has 1 atom stereocenters. The number of rotatable bonds is 4. The maximum atomic E-state index is 14.4. The summed E-state index contributed by atoms with van der Waals surface area (Å²) < 4.78 is 16.2. The Morgan fingerprint density at radius 3 is 2.90 bits per heavy atom. The lowest BCUT2D eigenvalue weighted by molar-refractivity contribution is -0.125. The minimum Gasteiger partial charge on any atom is -0.355 e. The fourth-order valence-electron chi connectivity index (χ4n) is 4.21. The van der Waals surface area contributed by atoms with Crippen LogP contribution in [0.15, 0.2) is 48.8 Å². The molecule has 1 aliphatic heterocycles. The summed E-state index contributed by atoms with van der Waals surface area (Å²) in [6.45, 7) is 4.00. The number of carbonyl (C=O) groups is 1. The zero-order valence-electron chi connectivity index (χ0n) is 17.3. The second-order valence-corrected chi connectivity index (χ2v) is 9.13. The van der Waals surface area contributed by atoms with Gasteiger partial charge in [-0.1, -0.05) is 35.9 Å². The largest absolute Gasteiger partial charge is 0.355 e. The number of piperidine rings is 1. The lowest BCUT2D eigenvalue weighted by atomic mass is 9.97. The number of nitrogens with one attached hydrogen (secondary N) is 1. The number of aromatic nitrogens is 2. The molecular weight excluding hydrogens is 411 g/mol. The van der Waals surface area contributed by atoms with E-state index < -0.39 is 0 Å². The summed E-state index contributed by atoms with van der Waals surface area (Å²) in [4.78, 5) is 23.9. The Bertz CT molecular complexity index is 1250. The van der Waals surface area contributed by atoms with Gasteiger partial charge in [0.2, 0.25) is 5.91 Å². The van der Waals surface area contributed by atoms with Crippen molar-refractivity contribution in [3.63, 3.8) is 0 Å². The van der Waals surface area contributed by atoms with Crippen molar-refractivity contribution in [3.8, 4) is 0 Å².